The van der Waals surface area contributed by atoms with E-state index in [-0.39, 0.29) is 13.6 Å². The molecule has 0 bridgehead atoms. The summed E-state index contributed by atoms with van der Waals surface area (Å²) in [5, 5.41) is 57.6. The highest BCUT2D eigenvalue weighted by Gasteiger charge is 2.29. The van der Waals surface area contributed by atoms with Gasteiger partial charge in [0.05, 0.1) is 86.7 Å². The minimum Gasteiger partial charge on any atom is -0.396 e. The van der Waals surface area contributed by atoms with E-state index in [1.165, 1.54) is 32.5 Å². The largest absolute Gasteiger partial charge is 0.396 e. The molecule has 12 heteroatoms. The highest BCUT2D eigenvalue weighted by Crippen LogP contribution is 2.06. The zero-order chi connectivity index (χ0) is 31.7. The van der Waals surface area contributed by atoms with Crippen LogP contribution in [0.2, 0.25) is 0 Å². The summed E-state index contributed by atoms with van der Waals surface area (Å²) < 4.78 is 0.945. The van der Waals surface area contributed by atoms with Crippen LogP contribution in [0.4, 0.5) is 0 Å². The number of hydrogen-bond donors (Lipinski definition) is 11. The zero-order valence-electron chi connectivity index (χ0n) is 28.7. The molecule has 0 spiro atoms. The Morgan fingerprint density at radius 2 is 1.20 bits per heavy atom. The summed E-state index contributed by atoms with van der Waals surface area (Å²) in [4.78, 5) is 1.68. The predicted octanol–water partition coefficient (Wildman–Crippen LogP) is -3.36. The monoisotopic (exact) mass is 613 g/mol. The highest BCUT2D eigenvalue weighted by atomic mass is 16.4. The normalized spacial score (nSPS) is 13.0. The average Bonchev–Trinajstić information content (AvgIpc) is 2.92. The first-order valence-electron chi connectivity index (χ1n) is 15.2. The van der Waals surface area contributed by atoms with E-state index in [9.17, 15) is 20.4 Å². The number of hydrogen-bond acceptors (Lipinski definition) is 6. The Labute approximate surface area is 255 Å². The molecule has 0 aromatic heterocycles. The lowest BCUT2D eigenvalue weighted by molar-refractivity contribution is -0.894. The number of aliphatic hydroxyl groups is 6. The van der Waals surface area contributed by atoms with Gasteiger partial charge in [0.2, 0.25) is 0 Å². The third kappa shape index (κ3) is 52.6. The van der Waals surface area contributed by atoms with E-state index in [1.807, 2.05) is 0 Å². The van der Waals surface area contributed by atoms with Gasteiger partial charge in [-0.25, -0.2) is 0 Å². The van der Waals surface area contributed by atoms with E-state index in [0.29, 0.717) is 26.2 Å². The van der Waals surface area contributed by atoms with Gasteiger partial charge >= 0.3 is 0 Å². The van der Waals surface area contributed by atoms with Crippen molar-refractivity contribution in [1.82, 2.24) is 6.15 Å². The lowest BCUT2D eigenvalue weighted by Crippen LogP contribution is -3.11. The summed E-state index contributed by atoms with van der Waals surface area (Å²) >= 11 is 0. The minimum absolute atomic E-state index is 0. The van der Waals surface area contributed by atoms with Crippen LogP contribution in [-0.2, 0) is 0 Å². The summed E-state index contributed by atoms with van der Waals surface area (Å²) in [6, 6.07) is 0. The van der Waals surface area contributed by atoms with Crippen molar-refractivity contribution in [2.45, 2.75) is 99.1 Å². The molecular formula is C29H84N6O6+6. The van der Waals surface area contributed by atoms with Gasteiger partial charge in [-0.05, 0) is 40.0 Å². The van der Waals surface area contributed by atoms with Gasteiger partial charge in [0.25, 0.3) is 0 Å². The molecule has 41 heavy (non-hydrogen) atoms. The Hall–Kier alpha value is -0.480. The topological polar surface area (TPSA) is 223 Å². The van der Waals surface area contributed by atoms with Crippen LogP contribution in [-0.4, -0.2) is 153 Å². The first kappa shape index (κ1) is 56.3. The standard InChI is InChI=1S/C8H19NO4.C6H16NO.C6H15N.C5H13NO.C3H9N.CH4.H3N/c1-3-5(10)7(12)8(13)6(11)4-9-2;1-7(2,3)5-4-6-8;1-4-7(5-2)6-3;1-2-3-6-4-5-7;1-2-3-4;;/h5-13H,3-4H2,1-2H3;8H,4-6H2,1-3H3;4-6H2,1-3H3;6-7H,2-5H2,1H3;2-4H2,1H3;1H4;1H3/q;+1;;;;;/p+5/t5-,6+,7-,8-;;;;;;/m1....../s1. The molecule has 0 heterocycles. The lowest BCUT2D eigenvalue weighted by atomic mass is 10.0. The fourth-order valence-corrected chi connectivity index (χ4v) is 2.81. The van der Waals surface area contributed by atoms with Crippen LogP contribution < -0.4 is 27.4 Å². The molecule has 0 rings (SSSR count). The van der Waals surface area contributed by atoms with Crippen LogP contribution in [0.3, 0.4) is 0 Å². The minimum atomic E-state index is -1.29. The first-order chi connectivity index (χ1) is 18.3. The van der Waals surface area contributed by atoms with Gasteiger partial charge in [0, 0.05) is 13.0 Å². The second-order valence-corrected chi connectivity index (χ2v) is 10.5. The molecule has 0 saturated heterocycles. The Kier molecular flexibility index (Phi) is 60.4. The summed E-state index contributed by atoms with van der Waals surface area (Å²) in [5.74, 6) is 0. The van der Waals surface area contributed by atoms with Gasteiger partial charge in [-0.15, -0.1) is 0 Å². The molecule has 0 aliphatic rings. The van der Waals surface area contributed by atoms with Gasteiger partial charge in [0.1, 0.15) is 24.9 Å². The molecule has 0 amide bonds. The fraction of sp³-hybridized carbons (Fsp3) is 1.00. The van der Waals surface area contributed by atoms with Gasteiger partial charge in [-0.1, -0.05) is 28.2 Å². The summed E-state index contributed by atoms with van der Waals surface area (Å²) in [6.07, 6.45) is -0.904. The molecule has 0 fully saturated rings. The van der Waals surface area contributed by atoms with Crippen LogP contribution in [0.25, 0.3) is 0 Å². The van der Waals surface area contributed by atoms with Crippen molar-refractivity contribution in [3.63, 3.8) is 0 Å². The first-order valence-corrected chi connectivity index (χ1v) is 15.2. The lowest BCUT2D eigenvalue weighted by Gasteiger charge is -2.24. The van der Waals surface area contributed by atoms with Crippen molar-refractivity contribution >= 4 is 0 Å². The molecular weight excluding hydrogens is 528 g/mol. The molecule has 18 N–H and O–H groups in total. The average molecular weight is 613 g/mol. The maximum Gasteiger partial charge on any atom is 0.131 e. The fourth-order valence-electron chi connectivity index (χ4n) is 2.81. The van der Waals surface area contributed by atoms with E-state index in [1.54, 1.807) is 24.2 Å². The van der Waals surface area contributed by atoms with E-state index < -0.39 is 24.4 Å². The third-order valence-corrected chi connectivity index (χ3v) is 5.70. The number of nitrogens with zero attached hydrogens (tertiary/aromatic N) is 1. The van der Waals surface area contributed by atoms with Crippen LogP contribution in [0.5, 0.6) is 0 Å². The van der Waals surface area contributed by atoms with Gasteiger partial charge in [-0.3, -0.25) is 0 Å². The second kappa shape index (κ2) is 44.0. The van der Waals surface area contributed by atoms with Gasteiger partial charge in [0.15, 0.2) is 0 Å². The van der Waals surface area contributed by atoms with Crippen molar-refractivity contribution in [1.29, 1.82) is 0 Å². The molecule has 0 aliphatic heterocycles. The molecule has 0 aromatic carbocycles. The van der Waals surface area contributed by atoms with E-state index in [2.05, 4.69) is 66.8 Å². The quantitative estimate of drug-likeness (QED) is 0.0594. The van der Waals surface area contributed by atoms with E-state index in [4.69, 9.17) is 10.2 Å². The van der Waals surface area contributed by atoms with E-state index >= 15 is 0 Å². The molecule has 0 aromatic rings. The van der Waals surface area contributed by atoms with Crippen LogP contribution in [0.15, 0.2) is 0 Å². The summed E-state index contributed by atoms with van der Waals surface area (Å²) in [5.41, 5.74) is 3.60. The van der Waals surface area contributed by atoms with Crippen LogP contribution in [0.1, 0.15) is 74.7 Å². The highest BCUT2D eigenvalue weighted by molar-refractivity contribution is 4.79. The smallest absolute Gasteiger partial charge is 0.131 e. The Balaban J connectivity index is -0.0000000731. The number of nitrogens with one attached hydrogen (secondary N) is 1. The van der Waals surface area contributed by atoms with Crippen molar-refractivity contribution in [2.75, 3.05) is 93.8 Å². The number of nitrogens with two attached hydrogens (primary N) is 2. The Morgan fingerprint density at radius 1 is 0.756 bits per heavy atom. The van der Waals surface area contributed by atoms with Gasteiger partial charge < -0.3 is 62.5 Å². The second-order valence-electron chi connectivity index (χ2n) is 10.5. The molecule has 0 unspecified atom stereocenters. The zero-order valence-corrected chi connectivity index (χ0v) is 28.7. The number of rotatable bonds is 17. The number of likely N-dealkylation sites (N-methyl/N-ethyl adjacent to an activating group) is 1. The van der Waals surface area contributed by atoms with Crippen molar-refractivity contribution < 1.29 is 56.4 Å². The molecule has 0 aliphatic carbocycles. The van der Waals surface area contributed by atoms with Crippen molar-refractivity contribution in [3.8, 4) is 0 Å². The van der Waals surface area contributed by atoms with Gasteiger partial charge in [-0.2, -0.15) is 0 Å². The van der Waals surface area contributed by atoms with Crippen LogP contribution >= 0.6 is 0 Å². The Morgan fingerprint density at radius 3 is 1.41 bits per heavy atom. The van der Waals surface area contributed by atoms with E-state index in [0.717, 1.165) is 37.1 Å². The molecule has 260 valence electrons. The predicted molar refractivity (Wildman–Crippen MR) is 174 cm³/mol. The third-order valence-electron chi connectivity index (χ3n) is 5.70. The number of quaternary nitrogens is 6. The maximum atomic E-state index is 9.34. The Bertz CT molecular complexity index is 408. The van der Waals surface area contributed by atoms with Crippen LogP contribution in [0, 0.1) is 0 Å². The molecule has 12 nitrogen and oxygen atoms in total. The number of aliphatic hydroxyl groups excluding tert-OH is 6. The van der Waals surface area contributed by atoms with Crippen molar-refractivity contribution in [3.05, 3.63) is 0 Å². The molecule has 0 radical (unpaired) electrons. The van der Waals surface area contributed by atoms with Crippen molar-refractivity contribution in [2.24, 2.45) is 0 Å². The summed E-state index contributed by atoms with van der Waals surface area (Å²) in [7, 11) is 8.11. The molecule has 4 atom stereocenters. The SMILES string of the molecule is C.CCC[NH2+]CCO.CCC[NH3+].CC[C@@H](O)[C@@H](O)[C@H](O)[C@@H](O)C[NH2+]C.CC[NH+](CC)CC.C[N+](C)(C)CCCO.[NH4+]. The molecule has 0 saturated carbocycles. The summed E-state index contributed by atoms with van der Waals surface area (Å²) in [6.45, 7) is 21.5. The maximum absolute atomic E-state index is 9.34.